The molecule has 4 saturated heterocycles. The summed E-state index contributed by atoms with van der Waals surface area (Å²) in [6.07, 6.45) is 7.76. The highest BCUT2D eigenvalue weighted by molar-refractivity contribution is 5.70. The number of hydrogen-bond acceptors (Lipinski definition) is 8. The molecule has 0 radical (unpaired) electrons. The smallest absolute Gasteiger partial charge is 0.410 e. The van der Waals surface area contributed by atoms with Crippen molar-refractivity contribution >= 4 is 23.6 Å². The van der Waals surface area contributed by atoms with Crippen LogP contribution in [0.3, 0.4) is 0 Å². The van der Waals surface area contributed by atoms with E-state index in [1.807, 2.05) is 36.4 Å². The largest absolute Gasteiger partial charge is 0.444 e. The zero-order chi connectivity index (χ0) is 25.9. The molecule has 10 heteroatoms. The van der Waals surface area contributed by atoms with E-state index >= 15 is 0 Å². The first-order valence-corrected chi connectivity index (χ1v) is 14.0. The van der Waals surface area contributed by atoms with Crippen LogP contribution in [0.25, 0.3) is 5.65 Å². The summed E-state index contributed by atoms with van der Waals surface area (Å²) in [5, 5.41) is 8.40. The zero-order valence-corrected chi connectivity index (χ0v) is 22.9. The molecule has 0 saturated carbocycles. The van der Waals surface area contributed by atoms with E-state index in [1.54, 1.807) is 0 Å². The number of rotatable bonds is 4. The number of ether oxygens (including phenoxy) is 2. The number of piperidine rings is 1. The Bertz CT molecular complexity index is 1140. The summed E-state index contributed by atoms with van der Waals surface area (Å²) in [6.45, 7) is 13.8. The Hall–Kier alpha value is -2.62. The van der Waals surface area contributed by atoms with Crippen LogP contribution in [0.4, 0.5) is 16.7 Å². The SMILES string of the molecule is CC(C)c1cnn2c(NC3CC4CCC(C3)N4C(=O)OC(C)(C)C)nc(N3CC4(CCOCC4)C3)nc12. The molecule has 10 nitrogen and oxygen atoms in total. The molecule has 2 unspecified atom stereocenters. The molecule has 6 rings (SSSR count). The summed E-state index contributed by atoms with van der Waals surface area (Å²) in [5.41, 5.74) is 1.87. The van der Waals surface area contributed by atoms with E-state index in [2.05, 4.69) is 29.2 Å². The zero-order valence-electron chi connectivity index (χ0n) is 22.9. The van der Waals surface area contributed by atoms with Crippen molar-refractivity contribution in [2.24, 2.45) is 5.41 Å². The molecular formula is C27H41N7O3. The first kappa shape index (κ1) is 24.7. The molecule has 2 aromatic heterocycles. The normalized spacial score (nSPS) is 27.1. The number of nitrogens with zero attached hydrogens (tertiary/aromatic N) is 6. The van der Waals surface area contributed by atoms with Gasteiger partial charge in [-0.15, -0.1) is 0 Å². The Morgan fingerprint density at radius 1 is 1.14 bits per heavy atom. The molecule has 6 heterocycles. The fourth-order valence-corrected chi connectivity index (χ4v) is 6.64. The lowest BCUT2D eigenvalue weighted by molar-refractivity contribution is -0.000772. The highest BCUT2D eigenvalue weighted by Gasteiger charge is 2.46. The summed E-state index contributed by atoms with van der Waals surface area (Å²) >= 11 is 0. The third-order valence-corrected chi connectivity index (χ3v) is 8.57. The fraction of sp³-hybridized carbons (Fsp3) is 0.778. The Balaban J connectivity index is 1.23. The minimum Gasteiger partial charge on any atom is -0.444 e. The number of nitrogens with one attached hydrogen (secondary N) is 1. The molecule has 1 spiro atoms. The maximum absolute atomic E-state index is 12.9. The van der Waals surface area contributed by atoms with E-state index in [4.69, 9.17) is 19.4 Å². The molecule has 2 atom stereocenters. The monoisotopic (exact) mass is 511 g/mol. The van der Waals surface area contributed by atoms with Crippen LogP contribution in [0.15, 0.2) is 6.20 Å². The van der Waals surface area contributed by atoms with Crippen LogP contribution in [0.5, 0.6) is 0 Å². The number of fused-ring (bicyclic) bond motifs is 3. The Morgan fingerprint density at radius 3 is 2.43 bits per heavy atom. The molecule has 37 heavy (non-hydrogen) atoms. The first-order chi connectivity index (χ1) is 17.6. The molecule has 0 aromatic carbocycles. The van der Waals surface area contributed by atoms with Crippen LogP contribution in [0, 0.1) is 5.41 Å². The lowest BCUT2D eigenvalue weighted by atomic mass is 9.73. The summed E-state index contributed by atoms with van der Waals surface area (Å²) in [5.74, 6) is 1.85. The highest BCUT2D eigenvalue weighted by Crippen LogP contribution is 2.42. The second-order valence-corrected chi connectivity index (χ2v) is 12.9. The third-order valence-electron chi connectivity index (χ3n) is 8.57. The van der Waals surface area contributed by atoms with Gasteiger partial charge in [-0.05, 0) is 65.2 Å². The molecule has 4 fully saturated rings. The van der Waals surface area contributed by atoms with Crippen molar-refractivity contribution in [2.75, 3.05) is 36.5 Å². The molecule has 0 aliphatic carbocycles. The Kier molecular flexibility index (Phi) is 6.00. The molecule has 2 bridgehead atoms. The van der Waals surface area contributed by atoms with Crippen molar-refractivity contribution in [3.63, 3.8) is 0 Å². The number of amides is 1. The van der Waals surface area contributed by atoms with Gasteiger partial charge in [0.25, 0.3) is 0 Å². The highest BCUT2D eigenvalue weighted by atomic mass is 16.6. The van der Waals surface area contributed by atoms with Gasteiger partial charge in [-0.3, -0.25) is 0 Å². The van der Waals surface area contributed by atoms with E-state index in [1.165, 1.54) is 0 Å². The lowest BCUT2D eigenvalue weighted by Gasteiger charge is -2.52. The first-order valence-electron chi connectivity index (χ1n) is 14.0. The van der Waals surface area contributed by atoms with Crippen LogP contribution in [0.1, 0.15) is 84.6 Å². The van der Waals surface area contributed by atoms with Gasteiger partial charge in [-0.25, -0.2) is 4.79 Å². The van der Waals surface area contributed by atoms with E-state index < -0.39 is 5.60 Å². The molecule has 4 aliphatic rings. The summed E-state index contributed by atoms with van der Waals surface area (Å²) in [7, 11) is 0. The second-order valence-electron chi connectivity index (χ2n) is 12.9. The van der Waals surface area contributed by atoms with E-state index in [9.17, 15) is 4.79 Å². The molecule has 2 aromatic rings. The summed E-state index contributed by atoms with van der Waals surface area (Å²) in [6, 6.07) is 0.595. The van der Waals surface area contributed by atoms with Gasteiger partial charge in [-0.2, -0.15) is 19.6 Å². The lowest BCUT2D eigenvalue weighted by Crippen LogP contribution is -2.59. The van der Waals surface area contributed by atoms with Crippen molar-refractivity contribution in [3.8, 4) is 0 Å². The second kappa shape index (κ2) is 8.99. The van der Waals surface area contributed by atoms with E-state index in [0.29, 0.717) is 11.3 Å². The van der Waals surface area contributed by atoms with Crippen LogP contribution in [0.2, 0.25) is 0 Å². The van der Waals surface area contributed by atoms with Gasteiger partial charge in [0, 0.05) is 55.4 Å². The van der Waals surface area contributed by atoms with Gasteiger partial charge in [-0.1, -0.05) is 13.8 Å². The quantitative estimate of drug-likeness (QED) is 0.652. The number of carbonyl (C=O) groups excluding carboxylic acids is 1. The van der Waals surface area contributed by atoms with Gasteiger partial charge in [0.05, 0.1) is 6.20 Å². The Morgan fingerprint density at radius 2 is 1.81 bits per heavy atom. The van der Waals surface area contributed by atoms with E-state index in [0.717, 1.165) is 87.9 Å². The van der Waals surface area contributed by atoms with Gasteiger partial charge < -0.3 is 24.6 Å². The molecule has 4 aliphatic heterocycles. The van der Waals surface area contributed by atoms with Crippen LogP contribution < -0.4 is 10.2 Å². The number of anilines is 2. The minimum absolute atomic E-state index is 0.182. The predicted molar refractivity (Wildman–Crippen MR) is 141 cm³/mol. The number of aromatic nitrogens is 4. The van der Waals surface area contributed by atoms with Gasteiger partial charge in [0.1, 0.15) is 5.60 Å². The number of carbonyl (C=O) groups is 1. The van der Waals surface area contributed by atoms with Crippen molar-refractivity contribution in [1.82, 2.24) is 24.5 Å². The maximum Gasteiger partial charge on any atom is 0.410 e. The van der Waals surface area contributed by atoms with Gasteiger partial charge in [0.15, 0.2) is 5.65 Å². The standard InChI is InChI=1S/C27H41N7O3/c1-17(2)21-14-28-34-22(21)30-23(32-15-27(16-32)8-10-36-11-9-27)31-24(34)29-18-12-19-6-7-20(13-18)33(19)25(35)37-26(3,4)5/h14,17-20H,6-13,15-16H2,1-5H3,(H,29,30,31). The van der Waals surface area contributed by atoms with Gasteiger partial charge in [0.2, 0.25) is 11.9 Å². The molecule has 1 N–H and O–H groups in total. The Labute approximate surface area is 219 Å². The summed E-state index contributed by atoms with van der Waals surface area (Å²) < 4.78 is 13.2. The van der Waals surface area contributed by atoms with Crippen molar-refractivity contribution in [2.45, 2.75) is 103 Å². The van der Waals surface area contributed by atoms with Crippen LogP contribution in [-0.4, -0.2) is 80.6 Å². The minimum atomic E-state index is -0.483. The third kappa shape index (κ3) is 4.62. The van der Waals surface area contributed by atoms with Crippen molar-refractivity contribution in [3.05, 3.63) is 11.8 Å². The average molecular weight is 512 g/mol. The molecular weight excluding hydrogens is 470 g/mol. The average Bonchev–Trinajstić information content (AvgIpc) is 3.36. The maximum atomic E-state index is 12.9. The van der Waals surface area contributed by atoms with Crippen LogP contribution in [-0.2, 0) is 9.47 Å². The van der Waals surface area contributed by atoms with Crippen LogP contribution >= 0.6 is 0 Å². The molecule has 1 amide bonds. The summed E-state index contributed by atoms with van der Waals surface area (Å²) in [4.78, 5) is 27.2. The predicted octanol–water partition coefficient (Wildman–Crippen LogP) is 4.21. The van der Waals surface area contributed by atoms with Gasteiger partial charge >= 0.3 is 6.09 Å². The van der Waals surface area contributed by atoms with Crippen molar-refractivity contribution < 1.29 is 14.3 Å². The fourth-order valence-electron chi connectivity index (χ4n) is 6.64. The topological polar surface area (TPSA) is 97.1 Å². The number of hydrogen-bond donors (Lipinski definition) is 1. The van der Waals surface area contributed by atoms with E-state index in [-0.39, 0.29) is 24.2 Å². The van der Waals surface area contributed by atoms with Crippen molar-refractivity contribution in [1.29, 1.82) is 0 Å². The molecule has 202 valence electrons.